The second kappa shape index (κ2) is 7.11. The summed E-state index contributed by atoms with van der Waals surface area (Å²) in [4.78, 5) is 16.6. The van der Waals surface area contributed by atoms with E-state index in [1.165, 1.54) is 18.3 Å². The van der Waals surface area contributed by atoms with Gasteiger partial charge in [-0.15, -0.1) is 0 Å². The Balaban J connectivity index is 1.93. The van der Waals surface area contributed by atoms with E-state index in [0.29, 0.717) is 21.4 Å². The first-order valence-electron chi connectivity index (χ1n) is 7.39. The number of nitrogens with zero attached hydrogens (tertiary/aromatic N) is 2. The molecule has 1 amide bonds. The number of aryl methyl sites for hydroxylation is 1. The average Bonchev–Trinajstić information content (AvgIpc) is 2.97. The number of nitrogens with one attached hydrogen (secondary N) is 1. The molecule has 0 saturated heterocycles. The van der Waals surface area contributed by atoms with Gasteiger partial charge in [0.2, 0.25) is 0 Å². The van der Waals surface area contributed by atoms with E-state index in [-0.39, 0.29) is 10.6 Å². The van der Waals surface area contributed by atoms with Crippen molar-refractivity contribution in [3.8, 4) is 11.4 Å². The number of aromatic nitrogens is 2. The van der Waals surface area contributed by atoms with Gasteiger partial charge >= 0.3 is 0 Å². The van der Waals surface area contributed by atoms with E-state index in [1.54, 1.807) is 48.0 Å². The number of hydrogen-bond donors (Lipinski definition) is 1. The van der Waals surface area contributed by atoms with Crippen LogP contribution in [0.5, 0.6) is 0 Å². The molecule has 26 heavy (non-hydrogen) atoms. The number of rotatable bonds is 4. The number of benzene rings is 2. The van der Waals surface area contributed by atoms with E-state index >= 15 is 0 Å². The third-order valence-corrected chi connectivity index (χ3v) is 5.55. The van der Waals surface area contributed by atoms with Gasteiger partial charge < -0.3 is 4.57 Å². The number of hydrogen-bond acceptors (Lipinski definition) is 4. The fourth-order valence-corrected chi connectivity index (χ4v) is 3.90. The van der Waals surface area contributed by atoms with Crippen molar-refractivity contribution < 1.29 is 13.2 Å². The van der Waals surface area contributed by atoms with Crippen molar-refractivity contribution in [3.63, 3.8) is 0 Å². The molecule has 0 unspecified atom stereocenters. The third-order valence-electron chi connectivity index (χ3n) is 3.58. The Morgan fingerprint density at radius 1 is 1.04 bits per heavy atom. The molecule has 0 bridgehead atoms. The summed E-state index contributed by atoms with van der Waals surface area (Å²) in [6.45, 7) is 0. The van der Waals surface area contributed by atoms with Crippen LogP contribution < -0.4 is 4.72 Å². The predicted molar refractivity (Wildman–Crippen MR) is 99.8 cm³/mol. The van der Waals surface area contributed by atoms with Crippen LogP contribution in [0.3, 0.4) is 0 Å². The molecule has 1 aromatic heterocycles. The van der Waals surface area contributed by atoms with Gasteiger partial charge in [0, 0.05) is 13.2 Å². The zero-order valence-corrected chi connectivity index (χ0v) is 15.8. The SMILES string of the molecule is Cn1cc(C(=O)NS(=O)(=O)c2ccccc2)nc1-c1c(Cl)cccc1Cl. The summed E-state index contributed by atoms with van der Waals surface area (Å²) in [5.74, 6) is -0.498. The minimum absolute atomic E-state index is 0.0151. The van der Waals surface area contributed by atoms with Gasteiger partial charge in [0.05, 0.1) is 20.5 Å². The molecule has 0 fully saturated rings. The molecule has 9 heteroatoms. The molecule has 1 heterocycles. The lowest BCUT2D eigenvalue weighted by molar-refractivity contribution is 0.0977. The first kappa shape index (κ1) is 18.4. The Hall–Kier alpha value is -2.35. The van der Waals surface area contributed by atoms with Crippen LogP contribution in [0, 0.1) is 0 Å². The highest BCUT2D eigenvalue weighted by molar-refractivity contribution is 7.90. The van der Waals surface area contributed by atoms with Crippen LogP contribution in [-0.2, 0) is 17.1 Å². The molecule has 0 saturated carbocycles. The number of carbonyl (C=O) groups is 1. The van der Waals surface area contributed by atoms with Gasteiger partial charge in [0.1, 0.15) is 11.5 Å². The third kappa shape index (κ3) is 3.60. The van der Waals surface area contributed by atoms with Crippen molar-refractivity contribution in [2.75, 3.05) is 0 Å². The lowest BCUT2D eigenvalue weighted by Crippen LogP contribution is -2.30. The standard InChI is InChI=1S/C17H13Cl2N3O3S/c1-22-10-14(20-16(22)15-12(18)8-5-9-13(15)19)17(23)21-26(24,25)11-6-3-2-4-7-11/h2-10H,1H3,(H,21,23). The molecule has 3 rings (SSSR count). The Kier molecular flexibility index (Phi) is 5.04. The summed E-state index contributed by atoms with van der Waals surface area (Å²) in [7, 11) is -2.34. The quantitative estimate of drug-likeness (QED) is 0.714. The summed E-state index contributed by atoms with van der Waals surface area (Å²) in [5, 5.41) is 0.741. The normalized spacial score (nSPS) is 11.3. The number of halogens is 2. The molecular formula is C17H13Cl2N3O3S. The van der Waals surface area contributed by atoms with Crippen LogP contribution in [0.4, 0.5) is 0 Å². The van der Waals surface area contributed by atoms with Gasteiger partial charge in [-0.25, -0.2) is 18.1 Å². The van der Waals surface area contributed by atoms with Crippen molar-refractivity contribution >= 4 is 39.1 Å². The van der Waals surface area contributed by atoms with Crippen molar-refractivity contribution in [1.29, 1.82) is 0 Å². The van der Waals surface area contributed by atoms with E-state index in [1.807, 2.05) is 4.72 Å². The molecule has 6 nitrogen and oxygen atoms in total. The van der Waals surface area contributed by atoms with Gasteiger partial charge in [0.15, 0.2) is 0 Å². The maximum absolute atomic E-state index is 12.4. The number of carbonyl (C=O) groups excluding carboxylic acids is 1. The fraction of sp³-hybridized carbons (Fsp3) is 0.0588. The van der Waals surface area contributed by atoms with Crippen LogP contribution in [0.2, 0.25) is 10.0 Å². The number of sulfonamides is 1. The molecule has 0 aliphatic rings. The van der Waals surface area contributed by atoms with Gasteiger partial charge in [-0.1, -0.05) is 47.5 Å². The molecule has 0 aliphatic carbocycles. The maximum atomic E-state index is 12.4. The summed E-state index contributed by atoms with van der Waals surface area (Å²) in [5.41, 5.74) is 0.390. The molecule has 3 aromatic rings. The largest absolute Gasteiger partial charge is 0.333 e. The molecule has 2 aromatic carbocycles. The molecule has 0 radical (unpaired) electrons. The summed E-state index contributed by atoms with van der Waals surface area (Å²) >= 11 is 12.4. The van der Waals surface area contributed by atoms with E-state index in [2.05, 4.69) is 4.98 Å². The highest BCUT2D eigenvalue weighted by Crippen LogP contribution is 2.33. The van der Waals surface area contributed by atoms with Crippen molar-refractivity contribution in [2.45, 2.75) is 4.90 Å². The van der Waals surface area contributed by atoms with Crippen LogP contribution in [-0.4, -0.2) is 23.9 Å². The van der Waals surface area contributed by atoms with Crippen LogP contribution in [0.25, 0.3) is 11.4 Å². The summed E-state index contributed by atoms with van der Waals surface area (Å²) in [6.07, 6.45) is 1.41. The van der Waals surface area contributed by atoms with Crippen molar-refractivity contribution in [3.05, 3.63) is 70.5 Å². The average molecular weight is 410 g/mol. The second-order valence-electron chi connectivity index (χ2n) is 5.40. The zero-order chi connectivity index (χ0) is 18.9. The lowest BCUT2D eigenvalue weighted by Gasteiger charge is -2.06. The maximum Gasteiger partial charge on any atom is 0.285 e. The van der Waals surface area contributed by atoms with E-state index in [9.17, 15) is 13.2 Å². The summed E-state index contributed by atoms with van der Waals surface area (Å²) < 4.78 is 28.1. The van der Waals surface area contributed by atoms with Gasteiger partial charge in [-0.2, -0.15) is 0 Å². The second-order valence-corrected chi connectivity index (χ2v) is 7.90. The number of amides is 1. The molecular weight excluding hydrogens is 397 g/mol. The molecule has 0 atom stereocenters. The predicted octanol–water partition coefficient (Wildman–Crippen LogP) is 3.51. The van der Waals surface area contributed by atoms with Crippen LogP contribution in [0.1, 0.15) is 10.5 Å². The van der Waals surface area contributed by atoms with Gasteiger partial charge in [-0.05, 0) is 24.3 Å². The molecule has 0 aliphatic heterocycles. The number of imidazole rings is 1. The Bertz CT molecular complexity index is 1060. The van der Waals surface area contributed by atoms with Crippen molar-refractivity contribution in [2.24, 2.45) is 7.05 Å². The molecule has 134 valence electrons. The smallest absolute Gasteiger partial charge is 0.285 e. The van der Waals surface area contributed by atoms with Crippen LogP contribution >= 0.6 is 23.2 Å². The minimum Gasteiger partial charge on any atom is -0.333 e. The summed E-state index contributed by atoms with van der Waals surface area (Å²) in [6, 6.07) is 12.6. The Morgan fingerprint density at radius 2 is 1.65 bits per heavy atom. The highest BCUT2D eigenvalue weighted by Gasteiger charge is 2.22. The van der Waals surface area contributed by atoms with Gasteiger partial charge in [-0.3, -0.25) is 4.79 Å². The lowest BCUT2D eigenvalue weighted by atomic mass is 10.2. The monoisotopic (exact) mass is 409 g/mol. The topological polar surface area (TPSA) is 81.1 Å². The van der Waals surface area contributed by atoms with E-state index in [4.69, 9.17) is 23.2 Å². The van der Waals surface area contributed by atoms with Crippen molar-refractivity contribution in [1.82, 2.24) is 14.3 Å². The Labute approximate surface area is 160 Å². The Morgan fingerprint density at radius 3 is 2.27 bits per heavy atom. The van der Waals surface area contributed by atoms with Crippen LogP contribution in [0.15, 0.2) is 59.6 Å². The highest BCUT2D eigenvalue weighted by atomic mass is 35.5. The minimum atomic E-state index is -3.99. The molecule has 1 N–H and O–H groups in total. The first-order valence-corrected chi connectivity index (χ1v) is 9.63. The van der Waals surface area contributed by atoms with Gasteiger partial charge in [0.25, 0.3) is 15.9 Å². The zero-order valence-electron chi connectivity index (χ0n) is 13.5. The first-order chi connectivity index (χ1) is 12.3. The van der Waals surface area contributed by atoms with E-state index < -0.39 is 15.9 Å². The molecule has 0 spiro atoms. The fourth-order valence-electron chi connectivity index (χ4n) is 2.35. The van der Waals surface area contributed by atoms with E-state index in [0.717, 1.165) is 0 Å².